The average molecular weight is 281 g/mol. The van der Waals surface area contributed by atoms with Crippen molar-refractivity contribution in [2.75, 3.05) is 0 Å². The Kier molecular flexibility index (Phi) is 3.27. The van der Waals surface area contributed by atoms with Gasteiger partial charge in [0.2, 0.25) is 11.8 Å². The minimum absolute atomic E-state index is 0.0706. The molecule has 2 nitrogen and oxygen atoms in total. The van der Waals surface area contributed by atoms with Crippen LogP contribution in [0.2, 0.25) is 0 Å². The number of carbonyl (C=O) groups excluding carboxylic acids is 1. The molecule has 3 rings (SSSR count). The minimum Gasteiger partial charge on any atom is -0.325 e. The van der Waals surface area contributed by atoms with Crippen molar-refractivity contribution in [1.29, 1.82) is 0 Å². The standard InChI is InChI=1S/C16H21F2NO/c1-3-12-9-13-10(2)15(13)19(12)14(20)8-11-4-6-16(17,18)7-5-11/h1,10-13,15H,4-9H2,2H3/t10?,12-,13+,15-/m1/s1. The first-order valence-corrected chi connectivity index (χ1v) is 7.58. The lowest BCUT2D eigenvalue weighted by molar-refractivity contribution is -0.134. The number of carbonyl (C=O) groups is 1. The lowest BCUT2D eigenvalue weighted by Gasteiger charge is -2.31. The highest BCUT2D eigenvalue weighted by Crippen LogP contribution is 2.53. The molecule has 4 heteroatoms. The van der Waals surface area contributed by atoms with Crippen LogP contribution in [-0.4, -0.2) is 28.8 Å². The third-order valence-corrected chi connectivity index (χ3v) is 5.44. The molecule has 3 fully saturated rings. The number of amides is 1. The van der Waals surface area contributed by atoms with E-state index in [-0.39, 0.29) is 30.7 Å². The van der Waals surface area contributed by atoms with Gasteiger partial charge in [-0.25, -0.2) is 8.78 Å². The fourth-order valence-electron chi connectivity index (χ4n) is 4.06. The van der Waals surface area contributed by atoms with Crippen molar-refractivity contribution in [3.8, 4) is 12.3 Å². The molecule has 1 amide bonds. The molecule has 0 radical (unpaired) electrons. The largest absolute Gasteiger partial charge is 0.325 e. The quantitative estimate of drug-likeness (QED) is 0.712. The topological polar surface area (TPSA) is 20.3 Å². The van der Waals surface area contributed by atoms with Crippen molar-refractivity contribution in [2.24, 2.45) is 17.8 Å². The van der Waals surface area contributed by atoms with Gasteiger partial charge in [-0.1, -0.05) is 12.8 Å². The highest BCUT2D eigenvalue weighted by molar-refractivity contribution is 5.78. The normalized spacial score (nSPS) is 39.2. The first-order valence-electron chi connectivity index (χ1n) is 7.58. The van der Waals surface area contributed by atoms with Gasteiger partial charge >= 0.3 is 0 Å². The van der Waals surface area contributed by atoms with Crippen LogP contribution in [0.1, 0.15) is 45.4 Å². The molecule has 0 bridgehead atoms. The number of hydrogen-bond acceptors (Lipinski definition) is 1. The Morgan fingerprint density at radius 2 is 2.05 bits per heavy atom. The summed E-state index contributed by atoms with van der Waals surface area (Å²) >= 11 is 0. The van der Waals surface area contributed by atoms with Gasteiger partial charge in [-0.2, -0.15) is 0 Å². The van der Waals surface area contributed by atoms with Crippen molar-refractivity contribution in [2.45, 2.75) is 63.5 Å². The molecule has 1 saturated heterocycles. The van der Waals surface area contributed by atoms with E-state index in [0.29, 0.717) is 37.1 Å². The van der Waals surface area contributed by atoms with Crippen LogP contribution < -0.4 is 0 Å². The van der Waals surface area contributed by atoms with Crippen molar-refractivity contribution >= 4 is 5.91 Å². The van der Waals surface area contributed by atoms with Gasteiger partial charge in [0, 0.05) is 25.3 Å². The summed E-state index contributed by atoms with van der Waals surface area (Å²) in [6.45, 7) is 2.16. The molecule has 0 spiro atoms. The maximum Gasteiger partial charge on any atom is 0.248 e. The van der Waals surface area contributed by atoms with Crippen molar-refractivity contribution in [3.05, 3.63) is 0 Å². The van der Waals surface area contributed by atoms with Gasteiger partial charge in [-0.3, -0.25) is 4.79 Å². The number of nitrogens with zero attached hydrogens (tertiary/aromatic N) is 1. The number of rotatable bonds is 2. The second-order valence-corrected chi connectivity index (χ2v) is 6.74. The van der Waals surface area contributed by atoms with E-state index in [1.165, 1.54) is 0 Å². The predicted octanol–water partition coefficient (Wildman–Crippen LogP) is 3.07. The van der Waals surface area contributed by atoms with Crippen LogP contribution in [0.4, 0.5) is 8.78 Å². The molecule has 0 aromatic carbocycles. The van der Waals surface area contributed by atoms with E-state index < -0.39 is 5.92 Å². The number of piperidine rings is 1. The number of likely N-dealkylation sites (tertiary alicyclic amines) is 1. The van der Waals surface area contributed by atoms with Gasteiger partial charge in [0.05, 0.1) is 6.04 Å². The van der Waals surface area contributed by atoms with Crippen molar-refractivity contribution < 1.29 is 13.6 Å². The summed E-state index contributed by atoms with van der Waals surface area (Å²) in [6, 6.07) is 0.243. The number of alkyl halides is 2. The number of fused-ring (bicyclic) bond motifs is 1. The van der Waals surface area contributed by atoms with E-state index in [1.807, 2.05) is 4.90 Å². The van der Waals surface area contributed by atoms with Crippen LogP contribution in [0.3, 0.4) is 0 Å². The summed E-state index contributed by atoms with van der Waals surface area (Å²) in [5.41, 5.74) is 0. The molecular weight excluding hydrogens is 260 g/mol. The van der Waals surface area contributed by atoms with Crippen LogP contribution in [0.15, 0.2) is 0 Å². The molecule has 1 aliphatic heterocycles. The van der Waals surface area contributed by atoms with Crippen LogP contribution in [0.25, 0.3) is 0 Å². The van der Waals surface area contributed by atoms with E-state index >= 15 is 0 Å². The van der Waals surface area contributed by atoms with Gasteiger partial charge in [0.25, 0.3) is 0 Å². The average Bonchev–Trinajstić information content (AvgIpc) is 2.87. The van der Waals surface area contributed by atoms with E-state index in [1.54, 1.807) is 0 Å². The van der Waals surface area contributed by atoms with Crippen LogP contribution >= 0.6 is 0 Å². The van der Waals surface area contributed by atoms with E-state index in [2.05, 4.69) is 12.8 Å². The molecule has 4 atom stereocenters. The van der Waals surface area contributed by atoms with Crippen LogP contribution in [0.5, 0.6) is 0 Å². The zero-order valence-electron chi connectivity index (χ0n) is 11.8. The lowest BCUT2D eigenvalue weighted by atomic mass is 9.84. The van der Waals surface area contributed by atoms with E-state index in [0.717, 1.165) is 6.42 Å². The number of halogens is 2. The van der Waals surface area contributed by atoms with Gasteiger partial charge < -0.3 is 4.90 Å². The Balaban J connectivity index is 1.58. The summed E-state index contributed by atoms with van der Waals surface area (Å²) in [5.74, 6) is 1.50. The van der Waals surface area contributed by atoms with Crippen molar-refractivity contribution in [3.63, 3.8) is 0 Å². The molecule has 0 N–H and O–H groups in total. The molecular formula is C16H21F2NO. The molecule has 20 heavy (non-hydrogen) atoms. The molecule has 110 valence electrons. The molecule has 2 saturated carbocycles. The van der Waals surface area contributed by atoms with Gasteiger partial charge in [0.1, 0.15) is 0 Å². The van der Waals surface area contributed by atoms with Gasteiger partial charge in [0.15, 0.2) is 0 Å². The molecule has 1 unspecified atom stereocenters. The maximum atomic E-state index is 13.1. The molecule has 0 aromatic rings. The van der Waals surface area contributed by atoms with Gasteiger partial charge in [-0.05, 0) is 37.0 Å². The zero-order chi connectivity index (χ0) is 14.5. The fourth-order valence-corrected chi connectivity index (χ4v) is 4.06. The Morgan fingerprint density at radius 3 is 2.65 bits per heavy atom. The highest BCUT2D eigenvalue weighted by atomic mass is 19.3. The second kappa shape index (κ2) is 4.72. The Labute approximate surface area is 118 Å². The smallest absolute Gasteiger partial charge is 0.248 e. The fraction of sp³-hybridized carbons (Fsp3) is 0.812. The van der Waals surface area contributed by atoms with Crippen LogP contribution in [-0.2, 0) is 4.79 Å². The third-order valence-electron chi connectivity index (χ3n) is 5.44. The predicted molar refractivity (Wildman–Crippen MR) is 72.0 cm³/mol. The SMILES string of the molecule is C#C[C@@H]1C[C@H]2C(C)[C@H]2N1C(=O)CC1CCC(F)(F)CC1. The number of terminal acetylenes is 1. The molecule has 1 heterocycles. The third kappa shape index (κ3) is 2.32. The van der Waals surface area contributed by atoms with Gasteiger partial charge in [-0.15, -0.1) is 6.42 Å². The summed E-state index contributed by atoms with van der Waals surface area (Å²) < 4.78 is 26.3. The summed E-state index contributed by atoms with van der Waals surface area (Å²) in [6.07, 6.45) is 7.58. The van der Waals surface area contributed by atoms with Crippen LogP contribution in [0, 0.1) is 30.1 Å². The summed E-state index contributed by atoms with van der Waals surface area (Å²) in [7, 11) is 0. The Morgan fingerprint density at radius 1 is 1.40 bits per heavy atom. The maximum absolute atomic E-state index is 13.1. The lowest BCUT2D eigenvalue weighted by Crippen LogP contribution is -2.40. The monoisotopic (exact) mass is 281 g/mol. The minimum atomic E-state index is -2.52. The van der Waals surface area contributed by atoms with Crippen molar-refractivity contribution in [1.82, 2.24) is 4.90 Å². The molecule has 2 aliphatic carbocycles. The van der Waals surface area contributed by atoms with E-state index in [9.17, 15) is 13.6 Å². The Bertz CT molecular complexity index is 446. The molecule has 3 aliphatic rings. The number of hydrogen-bond donors (Lipinski definition) is 0. The zero-order valence-corrected chi connectivity index (χ0v) is 11.8. The summed E-state index contributed by atoms with van der Waals surface area (Å²) in [5, 5.41) is 0. The van der Waals surface area contributed by atoms with E-state index in [4.69, 9.17) is 6.42 Å². The molecule has 0 aromatic heterocycles. The Hall–Kier alpha value is -1.11. The second-order valence-electron chi connectivity index (χ2n) is 6.74. The summed E-state index contributed by atoms with van der Waals surface area (Å²) in [4.78, 5) is 14.3. The first kappa shape index (κ1) is 13.9. The first-order chi connectivity index (χ1) is 9.43. The highest BCUT2D eigenvalue weighted by Gasteiger charge is 2.59.